The Morgan fingerprint density at radius 1 is 1.22 bits per heavy atom. The van der Waals surface area contributed by atoms with Gasteiger partial charge in [0.2, 0.25) is 0 Å². The molecule has 4 rings (SSSR count). The minimum absolute atomic E-state index is 0.105. The van der Waals surface area contributed by atoms with Crippen molar-refractivity contribution in [2.45, 2.75) is 51.0 Å². The number of fused-ring (bicyclic) bond motifs is 1. The summed E-state index contributed by atoms with van der Waals surface area (Å²) in [5.74, 6) is 1.17. The van der Waals surface area contributed by atoms with E-state index in [0.29, 0.717) is 29.8 Å². The molecule has 0 amide bonds. The zero-order valence-corrected chi connectivity index (χ0v) is 13.2. The Balaban J connectivity index is 1.88. The number of aromatic nitrogens is 3. The minimum atomic E-state index is -0.373. The van der Waals surface area contributed by atoms with Gasteiger partial charge >= 0.3 is 5.69 Å². The lowest BCUT2D eigenvalue weighted by Gasteiger charge is -2.22. The maximum absolute atomic E-state index is 12.5. The van der Waals surface area contributed by atoms with Gasteiger partial charge in [0.25, 0.3) is 0 Å². The van der Waals surface area contributed by atoms with Gasteiger partial charge in [0, 0.05) is 30.5 Å². The molecule has 2 aliphatic carbocycles. The quantitative estimate of drug-likeness (QED) is 0.938. The fraction of sp³-hybridized carbons (Fsp3) is 0.529. The van der Waals surface area contributed by atoms with E-state index in [0.717, 1.165) is 25.0 Å². The molecule has 0 aliphatic heterocycles. The van der Waals surface area contributed by atoms with E-state index < -0.39 is 0 Å². The first kappa shape index (κ1) is 14.4. The molecule has 2 saturated carbocycles. The largest absolute Gasteiger partial charge is 0.383 e. The fourth-order valence-electron chi connectivity index (χ4n) is 3.59. The number of carbonyl (C=O) groups is 1. The van der Waals surface area contributed by atoms with Crippen molar-refractivity contribution >= 4 is 22.6 Å². The molecular formula is C17H20N4O2. The van der Waals surface area contributed by atoms with Gasteiger partial charge in [0.1, 0.15) is 17.2 Å². The van der Waals surface area contributed by atoms with Crippen molar-refractivity contribution in [2.75, 3.05) is 5.73 Å². The number of hydrogen-bond donors (Lipinski definition) is 1. The van der Waals surface area contributed by atoms with Crippen molar-refractivity contribution in [3.63, 3.8) is 0 Å². The average molecular weight is 312 g/mol. The summed E-state index contributed by atoms with van der Waals surface area (Å²) in [7, 11) is 0. The van der Waals surface area contributed by atoms with Crippen molar-refractivity contribution in [2.24, 2.45) is 5.92 Å². The van der Waals surface area contributed by atoms with Gasteiger partial charge in [0.15, 0.2) is 0 Å². The van der Waals surface area contributed by atoms with Crippen LogP contribution in [0.2, 0.25) is 0 Å². The Labute approximate surface area is 133 Å². The van der Waals surface area contributed by atoms with E-state index >= 15 is 0 Å². The Morgan fingerprint density at radius 2 is 2.00 bits per heavy atom. The summed E-state index contributed by atoms with van der Waals surface area (Å²) in [5, 5.41) is 0.713. The summed E-state index contributed by atoms with van der Waals surface area (Å²) in [6.07, 6.45) is 4.25. The molecule has 6 nitrogen and oxygen atoms in total. The van der Waals surface area contributed by atoms with Crippen LogP contribution in [0.4, 0.5) is 5.82 Å². The maximum atomic E-state index is 12.5. The Hall–Kier alpha value is -2.24. The van der Waals surface area contributed by atoms with E-state index in [1.54, 1.807) is 4.57 Å². The van der Waals surface area contributed by atoms with Gasteiger partial charge in [0.05, 0.1) is 5.39 Å². The predicted octanol–water partition coefficient (Wildman–Crippen LogP) is 2.18. The van der Waals surface area contributed by atoms with Crippen molar-refractivity contribution in [3.8, 4) is 0 Å². The van der Waals surface area contributed by atoms with Crippen LogP contribution in [0.3, 0.4) is 0 Å². The minimum Gasteiger partial charge on any atom is -0.383 e. The lowest BCUT2D eigenvalue weighted by Crippen LogP contribution is -2.31. The maximum Gasteiger partial charge on any atom is 0.351 e. The number of pyridine rings is 1. The van der Waals surface area contributed by atoms with E-state index in [-0.39, 0.29) is 29.3 Å². The lowest BCUT2D eigenvalue weighted by molar-refractivity contribution is -0.117. The normalized spacial score (nSPS) is 22.7. The number of nitrogen functional groups attached to an aromatic ring is 1. The van der Waals surface area contributed by atoms with Crippen LogP contribution in [0.1, 0.15) is 56.7 Å². The van der Waals surface area contributed by atoms with Crippen molar-refractivity contribution in [1.29, 1.82) is 0 Å². The van der Waals surface area contributed by atoms with E-state index in [9.17, 15) is 9.59 Å². The first-order valence-electron chi connectivity index (χ1n) is 8.25. The molecule has 0 aromatic carbocycles. The van der Waals surface area contributed by atoms with Crippen molar-refractivity contribution in [1.82, 2.24) is 14.5 Å². The lowest BCUT2D eigenvalue weighted by atomic mass is 9.99. The number of carbonyl (C=O) groups excluding carboxylic acids is 1. The molecule has 120 valence electrons. The SMILES string of the molecule is CC(C1CCC(=O)C1)n1c(=O)nc(N)c2ccc(C3CC3)nc21. The molecular weight excluding hydrogens is 292 g/mol. The second-order valence-corrected chi connectivity index (χ2v) is 6.81. The van der Waals surface area contributed by atoms with Crippen LogP contribution in [0, 0.1) is 5.92 Å². The van der Waals surface area contributed by atoms with Gasteiger partial charge in [-0.15, -0.1) is 0 Å². The van der Waals surface area contributed by atoms with E-state index in [4.69, 9.17) is 10.7 Å². The third-order valence-electron chi connectivity index (χ3n) is 5.19. The van der Waals surface area contributed by atoms with Crippen LogP contribution in [0.25, 0.3) is 11.0 Å². The van der Waals surface area contributed by atoms with Gasteiger partial charge in [-0.3, -0.25) is 9.36 Å². The molecule has 0 saturated heterocycles. The fourth-order valence-corrected chi connectivity index (χ4v) is 3.59. The van der Waals surface area contributed by atoms with Gasteiger partial charge in [-0.25, -0.2) is 9.78 Å². The van der Waals surface area contributed by atoms with E-state index in [2.05, 4.69) is 4.98 Å². The first-order valence-corrected chi connectivity index (χ1v) is 8.25. The Morgan fingerprint density at radius 3 is 2.65 bits per heavy atom. The van der Waals surface area contributed by atoms with Crippen molar-refractivity contribution < 1.29 is 4.79 Å². The highest BCUT2D eigenvalue weighted by Crippen LogP contribution is 2.40. The molecule has 0 spiro atoms. The molecule has 2 aromatic heterocycles. The molecule has 2 fully saturated rings. The van der Waals surface area contributed by atoms with Gasteiger partial charge < -0.3 is 5.73 Å². The summed E-state index contributed by atoms with van der Waals surface area (Å²) in [5.41, 5.74) is 7.18. The monoisotopic (exact) mass is 312 g/mol. The second kappa shape index (κ2) is 5.15. The number of Topliss-reactive ketones (excluding diaryl/α,β-unsaturated/α-hetero) is 1. The molecule has 2 unspecified atom stereocenters. The summed E-state index contributed by atoms with van der Waals surface area (Å²) in [6, 6.07) is 3.80. The Bertz CT molecular complexity index is 854. The summed E-state index contributed by atoms with van der Waals surface area (Å²) >= 11 is 0. The molecule has 2 N–H and O–H groups in total. The molecule has 6 heteroatoms. The smallest absolute Gasteiger partial charge is 0.351 e. The van der Waals surface area contributed by atoms with Crippen LogP contribution in [0.5, 0.6) is 0 Å². The summed E-state index contributed by atoms with van der Waals surface area (Å²) in [4.78, 5) is 32.8. The number of nitrogens with two attached hydrogens (primary N) is 1. The summed E-state index contributed by atoms with van der Waals surface area (Å²) < 4.78 is 1.64. The third-order valence-corrected chi connectivity index (χ3v) is 5.19. The molecule has 0 radical (unpaired) electrons. The molecule has 0 bridgehead atoms. The van der Waals surface area contributed by atoms with Crippen LogP contribution in [-0.2, 0) is 4.79 Å². The highest BCUT2D eigenvalue weighted by Gasteiger charge is 2.31. The van der Waals surface area contributed by atoms with E-state index in [1.165, 1.54) is 0 Å². The highest BCUT2D eigenvalue weighted by atomic mass is 16.1. The second-order valence-electron chi connectivity index (χ2n) is 6.81. The number of nitrogens with zero attached hydrogens (tertiary/aromatic N) is 3. The number of anilines is 1. The van der Waals surface area contributed by atoms with Crippen LogP contribution in [-0.4, -0.2) is 20.3 Å². The topological polar surface area (TPSA) is 90.9 Å². The zero-order chi connectivity index (χ0) is 16.1. The van der Waals surface area contributed by atoms with E-state index in [1.807, 2.05) is 19.1 Å². The van der Waals surface area contributed by atoms with Gasteiger partial charge in [-0.1, -0.05) is 0 Å². The molecule has 23 heavy (non-hydrogen) atoms. The molecule has 2 aromatic rings. The highest BCUT2D eigenvalue weighted by molar-refractivity contribution is 5.85. The number of hydrogen-bond acceptors (Lipinski definition) is 5. The van der Waals surface area contributed by atoms with Crippen LogP contribution < -0.4 is 11.4 Å². The van der Waals surface area contributed by atoms with Crippen LogP contribution >= 0.6 is 0 Å². The van der Waals surface area contributed by atoms with Crippen LogP contribution in [0.15, 0.2) is 16.9 Å². The standard InChI is InChI=1S/C17H20N4O2/c1-9(11-4-5-12(22)8-11)21-16-13(15(18)20-17(21)23)6-7-14(19-16)10-2-3-10/h6-7,9-11H,2-5,8H2,1H3,(H2,18,20,23). The predicted molar refractivity (Wildman–Crippen MR) is 87.2 cm³/mol. The van der Waals surface area contributed by atoms with Gasteiger partial charge in [-0.2, -0.15) is 4.98 Å². The first-order chi connectivity index (χ1) is 11.0. The zero-order valence-electron chi connectivity index (χ0n) is 13.2. The third kappa shape index (κ3) is 2.42. The Kier molecular flexibility index (Phi) is 3.21. The molecule has 2 aliphatic rings. The molecule has 2 atom stereocenters. The average Bonchev–Trinajstić information content (AvgIpc) is 3.28. The summed E-state index contributed by atoms with van der Waals surface area (Å²) in [6.45, 7) is 1.98. The number of rotatable bonds is 3. The van der Waals surface area contributed by atoms with Gasteiger partial charge in [-0.05, 0) is 44.2 Å². The number of ketones is 1. The molecule has 2 heterocycles. The van der Waals surface area contributed by atoms with Crippen molar-refractivity contribution in [3.05, 3.63) is 28.3 Å².